The Labute approximate surface area is 104 Å². The van der Waals surface area contributed by atoms with Gasteiger partial charge < -0.3 is 10.6 Å². The van der Waals surface area contributed by atoms with Gasteiger partial charge in [-0.25, -0.2) is 0 Å². The minimum Gasteiger partial charge on any atom is -0.356 e. The lowest BCUT2D eigenvalue weighted by molar-refractivity contribution is -0.132. The van der Waals surface area contributed by atoms with Crippen LogP contribution in [0.4, 0.5) is 0 Å². The average molecular weight is 237 g/mol. The molecule has 4 nitrogen and oxygen atoms in total. The van der Waals surface area contributed by atoms with Gasteiger partial charge in [-0.2, -0.15) is 5.26 Å². The van der Waals surface area contributed by atoms with E-state index in [4.69, 9.17) is 5.26 Å². The van der Waals surface area contributed by atoms with Crippen molar-refractivity contribution in [2.75, 3.05) is 19.6 Å². The van der Waals surface area contributed by atoms with Gasteiger partial charge in [-0.3, -0.25) is 4.79 Å². The molecule has 0 aromatic carbocycles. The molecule has 1 rings (SSSR count). The molecule has 0 aliphatic carbocycles. The number of rotatable bonds is 5. The molecule has 2 N–H and O–H groups in total. The molecule has 1 heterocycles. The molecule has 1 fully saturated rings. The van der Waals surface area contributed by atoms with Crippen LogP contribution in [0.2, 0.25) is 0 Å². The molecule has 1 atom stereocenters. The number of unbranched alkanes of at least 4 members (excludes halogenated alkanes) is 1. The standard InChI is InChI=1S/C13H23N3O/c1-13(2,11-6-5-8-15-10-11)12(17)16-9-4-3-7-14/h11,15H,3-6,8-10H2,1-2H3,(H,16,17). The van der Waals surface area contributed by atoms with Crippen LogP contribution in [0, 0.1) is 22.7 Å². The van der Waals surface area contributed by atoms with E-state index in [-0.39, 0.29) is 11.3 Å². The summed E-state index contributed by atoms with van der Waals surface area (Å²) < 4.78 is 0. The maximum Gasteiger partial charge on any atom is 0.225 e. The summed E-state index contributed by atoms with van der Waals surface area (Å²) in [6.07, 6.45) is 3.51. The first-order chi connectivity index (χ1) is 8.09. The lowest BCUT2D eigenvalue weighted by Crippen LogP contribution is -2.47. The second-order valence-corrected chi connectivity index (χ2v) is 5.28. The molecule has 1 saturated heterocycles. The van der Waals surface area contributed by atoms with E-state index < -0.39 is 0 Å². The van der Waals surface area contributed by atoms with Crippen molar-refractivity contribution in [3.8, 4) is 6.07 Å². The highest BCUT2D eigenvalue weighted by Crippen LogP contribution is 2.31. The summed E-state index contributed by atoms with van der Waals surface area (Å²) in [6.45, 7) is 6.64. The molecular weight excluding hydrogens is 214 g/mol. The Kier molecular flexibility index (Phi) is 5.43. The summed E-state index contributed by atoms with van der Waals surface area (Å²) >= 11 is 0. The van der Waals surface area contributed by atoms with Crippen molar-refractivity contribution in [3.63, 3.8) is 0 Å². The molecule has 0 bridgehead atoms. The Balaban J connectivity index is 2.39. The molecular formula is C13H23N3O. The van der Waals surface area contributed by atoms with Crippen molar-refractivity contribution in [2.45, 2.75) is 39.5 Å². The molecule has 1 aliphatic rings. The van der Waals surface area contributed by atoms with E-state index >= 15 is 0 Å². The van der Waals surface area contributed by atoms with Crippen LogP contribution in [-0.2, 0) is 4.79 Å². The Morgan fingerprint density at radius 3 is 2.94 bits per heavy atom. The fraction of sp³-hybridized carbons (Fsp3) is 0.846. The number of carbonyl (C=O) groups excluding carboxylic acids is 1. The third-order valence-corrected chi connectivity index (χ3v) is 3.65. The van der Waals surface area contributed by atoms with Gasteiger partial charge in [0.2, 0.25) is 5.91 Å². The number of nitrogens with one attached hydrogen (secondary N) is 2. The third kappa shape index (κ3) is 4.01. The van der Waals surface area contributed by atoms with Gasteiger partial charge >= 0.3 is 0 Å². The number of carbonyl (C=O) groups is 1. The largest absolute Gasteiger partial charge is 0.356 e. The monoisotopic (exact) mass is 237 g/mol. The zero-order valence-corrected chi connectivity index (χ0v) is 10.9. The quantitative estimate of drug-likeness (QED) is 0.711. The van der Waals surface area contributed by atoms with Crippen LogP contribution in [-0.4, -0.2) is 25.5 Å². The van der Waals surface area contributed by atoms with Crippen molar-refractivity contribution in [1.82, 2.24) is 10.6 Å². The van der Waals surface area contributed by atoms with Crippen LogP contribution in [0.3, 0.4) is 0 Å². The van der Waals surface area contributed by atoms with Crippen molar-refractivity contribution < 1.29 is 4.79 Å². The fourth-order valence-corrected chi connectivity index (χ4v) is 2.25. The summed E-state index contributed by atoms with van der Waals surface area (Å²) in [5, 5.41) is 14.7. The Morgan fingerprint density at radius 2 is 2.35 bits per heavy atom. The van der Waals surface area contributed by atoms with Crippen molar-refractivity contribution in [3.05, 3.63) is 0 Å². The minimum atomic E-state index is -0.319. The number of piperidine rings is 1. The minimum absolute atomic E-state index is 0.115. The molecule has 1 amide bonds. The summed E-state index contributed by atoms with van der Waals surface area (Å²) in [4.78, 5) is 12.1. The van der Waals surface area contributed by atoms with Crippen LogP contribution in [0.1, 0.15) is 39.5 Å². The van der Waals surface area contributed by atoms with Gasteiger partial charge in [0.1, 0.15) is 0 Å². The molecule has 0 radical (unpaired) electrons. The number of nitrogens with zero attached hydrogens (tertiary/aromatic N) is 1. The van der Waals surface area contributed by atoms with E-state index in [1.807, 2.05) is 13.8 Å². The zero-order chi connectivity index (χ0) is 12.7. The fourth-order valence-electron chi connectivity index (χ4n) is 2.25. The second-order valence-electron chi connectivity index (χ2n) is 5.28. The summed E-state index contributed by atoms with van der Waals surface area (Å²) in [6, 6.07) is 2.08. The molecule has 1 unspecified atom stereocenters. The topological polar surface area (TPSA) is 64.9 Å². The van der Waals surface area contributed by atoms with Crippen LogP contribution in [0.15, 0.2) is 0 Å². The van der Waals surface area contributed by atoms with Crippen molar-refractivity contribution in [2.24, 2.45) is 11.3 Å². The van der Waals surface area contributed by atoms with E-state index in [1.165, 1.54) is 0 Å². The molecule has 0 saturated carbocycles. The Bertz CT molecular complexity index is 288. The SMILES string of the molecule is CC(C)(C(=O)NCCCC#N)C1CCCNC1. The molecule has 0 aromatic heterocycles. The molecule has 4 heteroatoms. The van der Waals surface area contributed by atoms with Crippen molar-refractivity contribution in [1.29, 1.82) is 5.26 Å². The summed E-state index contributed by atoms with van der Waals surface area (Å²) in [5.41, 5.74) is -0.319. The molecule has 0 spiro atoms. The summed E-state index contributed by atoms with van der Waals surface area (Å²) in [7, 11) is 0. The van der Waals surface area contributed by atoms with E-state index in [1.54, 1.807) is 0 Å². The highest BCUT2D eigenvalue weighted by molar-refractivity contribution is 5.82. The molecule has 1 aliphatic heterocycles. The van der Waals surface area contributed by atoms with Gasteiger partial charge in [0.25, 0.3) is 0 Å². The van der Waals surface area contributed by atoms with E-state index in [0.717, 1.165) is 32.4 Å². The molecule has 17 heavy (non-hydrogen) atoms. The first-order valence-electron chi connectivity index (χ1n) is 6.45. The predicted octanol–water partition coefficient (Wildman–Crippen LogP) is 1.43. The van der Waals surface area contributed by atoms with E-state index in [0.29, 0.717) is 18.9 Å². The van der Waals surface area contributed by atoms with E-state index in [2.05, 4.69) is 16.7 Å². The highest BCUT2D eigenvalue weighted by Gasteiger charge is 2.36. The second kappa shape index (κ2) is 6.61. The van der Waals surface area contributed by atoms with Crippen LogP contribution in [0.25, 0.3) is 0 Å². The maximum absolute atomic E-state index is 12.1. The highest BCUT2D eigenvalue weighted by atomic mass is 16.2. The van der Waals surface area contributed by atoms with Gasteiger partial charge in [-0.05, 0) is 38.3 Å². The Morgan fingerprint density at radius 1 is 1.59 bits per heavy atom. The lowest BCUT2D eigenvalue weighted by atomic mass is 9.74. The van der Waals surface area contributed by atoms with Gasteiger partial charge in [-0.1, -0.05) is 13.8 Å². The molecule has 96 valence electrons. The maximum atomic E-state index is 12.1. The number of nitriles is 1. The van der Waals surface area contributed by atoms with Gasteiger partial charge in [0.15, 0.2) is 0 Å². The van der Waals surface area contributed by atoms with Gasteiger partial charge in [0.05, 0.1) is 6.07 Å². The number of hydrogen-bond acceptors (Lipinski definition) is 3. The van der Waals surface area contributed by atoms with E-state index in [9.17, 15) is 4.79 Å². The van der Waals surface area contributed by atoms with Crippen LogP contribution in [0.5, 0.6) is 0 Å². The average Bonchev–Trinajstić information content (AvgIpc) is 2.35. The number of hydrogen-bond donors (Lipinski definition) is 2. The summed E-state index contributed by atoms with van der Waals surface area (Å²) in [5.74, 6) is 0.524. The predicted molar refractivity (Wildman–Crippen MR) is 67.2 cm³/mol. The first kappa shape index (κ1) is 14.0. The smallest absolute Gasteiger partial charge is 0.225 e. The molecule has 0 aromatic rings. The van der Waals surface area contributed by atoms with Crippen molar-refractivity contribution >= 4 is 5.91 Å². The van der Waals surface area contributed by atoms with Crippen LogP contribution < -0.4 is 10.6 Å². The first-order valence-corrected chi connectivity index (χ1v) is 6.45. The van der Waals surface area contributed by atoms with Crippen LogP contribution >= 0.6 is 0 Å². The number of amides is 1. The van der Waals surface area contributed by atoms with Gasteiger partial charge in [0, 0.05) is 18.4 Å². The zero-order valence-electron chi connectivity index (χ0n) is 10.9. The third-order valence-electron chi connectivity index (χ3n) is 3.65. The van der Waals surface area contributed by atoms with Gasteiger partial charge in [-0.15, -0.1) is 0 Å². The lowest BCUT2D eigenvalue weighted by Gasteiger charge is -2.36. The normalized spacial score (nSPS) is 20.6. The Hall–Kier alpha value is -1.08.